The molecular formula is C11H7BrF3NO2. The number of primary amides is 1. The Kier molecular flexibility index (Phi) is 4.62. The summed E-state index contributed by atoms with van der Waals surface area (Å²) in [7, 11) is 0. The molecule has 2 N–H and O–H groups in total. The molecule has 0 bridgehead atoms. The van der Waals surface area contributed by atoms with E-state index in [-0.39, 0.29) is 12.2 Å². The Balaban J connectivity index is 2.85. The van der Waals surface area contributed by atoms with E-state index in [4.69, 9.17) is 5.73 Å². The summed E-state index contributed by atoms with van der Waals surface area (Å²) < 4.78 is 39.9. The number of hydrogen-bond donors (Lipinski definition) is 1. The first-order valence-electron chi connectivity index (χ1n) is 4.60. The molecule has 0 radical (unpaired) electrons. The van der Waals surface area contributed by atoms with Crippen LogP contribution in [0.25, 0.3) is 0 Å². The van der Waals surface area contributed by atoms with Crippen molar-refractivity contribution < 1.29 is 22.7 Å². The van der Waals surface area contributed by atoms with Crippen molar-refractivity contribution in [2.24, 2.45) is 5.73 Å². The van der Waals surface area contributed by atoms with E-state index in [1.165, 1.54) is 6.07 Å². The van der Waals surface area contributed by atoms with Crippen LogP contribution in [0.3, 0.4) is 0 Å². The molecule has 96 valence electrons. The summed E-state index contributed by atoms with van der Waals surface area (Å²) in [5.74, 6) is 4.17. The number of carbonyl (C=O) groups excluding carboxylic acids is 1. The Morgan fingerprint density at radius 3 is 2.61 bits per heavy atom. The number of rotatable bonds is 2. The van der Waals surface area contributed by atoms with Crippen LogP contribution >= 0.6 is 15.9 Å². The van der Waals surface area contributed by atoms with Crippen LogP contribution in [0.4, 0.5) is 13.2 Å². The maximum atomic E-state index is 11.9. The van der Waals surface area contributed by atoms with Crippen LogP contribution in [0.15, 0.2) is 22.7 Å². The van der Waals surface area contributed by atoms with Crippen LogP contribution in [-0.4, -0.2) is 12.3 Å². The normalized spacial score (nSPS) is 10.4. The summed E-state index contributed by atoms with van der Waals surface area (Å²) in [6.07, 6.45) is -4.86. The SMILES string of the molecule is NC(=O)CC#Cc1ccc(OC(F)(F)F)cc1Br. The van der Waals surface area contributed by atoms with E-state index in [0.29, 0.717) is 10.0 Å². The van der Waals surface area contributed by atoms with Gasteiger partial charge in [-0.25, -0.2) is 0 Å². The Morgan fingerprint density at radius 1 is 1.44 bits per heavy atom. The van der Waals surface area contributed by atoms with Crippen molar-refractivity contribution in [3.8, 4) is 17.6 Å². The van der Waals surface area contributed by atoms with Crippen molar-refractivity contribution in [3.63, 3.8) is 0 Å². The number of carbonyl (C=O) groups is 1. The number of amides is 1. The highest BCUT2D eigenvalue weighted by atomic mass is 79.9. The lowest BCUT2D eigenvalue weighted by molar-refractivity contribution is -0.274. The maximum Gasteiger partial charge on any atom is 0.573 e. The van der Waals surface area contributed by atoms with Gasteiger partial charge in [-0.2, -0.15) is 0 Å². The van der Waals surface area contributed by atoms with Gasteiger partial charge in [0.1, 0.15) is 5.75 Å². The van der Waals surface area contributed by atoms with Gasteiger partial charge < -0.3 is 10.5 Å². The largest absolute Gasteiger partial charge is 0.573 e. The molecule has 0 aromatic heterocycles. The fourth-order valence-electron chi connectivity index (χ4n) is 1.02. The Hall–Kier alpha value is -1.68. The van der Waals surface area contributed by atoms with E-state index in [2.05, 4.69) is 32.5 Å². The average molecular weight is 322 g/mol. The zero-order valence-corrected chi connectivity index (χ0v) is 10.4. The van der Waals surface area contributed by atoms with E-state index in [1.54, 1.807) is 0 Å². The molecule has 0 heterocycles. The number of alkyl halides is 3. The summed E-state index contributed by atoms with van der Waals surface area (Å²) in [6, 6.07) is 3.62. The average Bonchev–Trinajstić information content (AvgIpc) is 2.18. The molecule has 0 unspecified atom stereocenters. The minimum absolute atomic E-state index is 0.118. The molecule has 1 amide bonds. The van der Waals surface area contributed by atoms with Crippen molar-refractivity contribution in [2.45, 2.75) is 12.8 Å². The highest BCUT2D eigenvalue weighted by Crippen LogP contribution is 2.27. The molecule has 0 fully saturated rings. The molecule has 0 aliphatic carbocycles. The second-order valence-electron chi connectivity index (χ2n) is 3.13. The third-order valence-corrected chi connectivity index (χ3v) is 2.32. The fraction of sp³-hybridized carbons (Fsp3) is 0.182. The van der Waals surface area contributed by atoms with E-state index < -0.39 is 12.3 Å². The van der Waals surface area contributed by atoms with Crippen LogP contribution < -0.4 is 10.5 Å². The van der Waals surface area contributed by atoms with E-state index in [9.17, 15) is 18.0 Å². The van der Waals surface area contributed by atoms with E-state index in [1.807, 2.05) is 0 Å². The van der Waals surface area contributed by atoms with Gasteiger partial charge in [-0.1, -0.05) is 11.8 Å². The van der Waals surface area contributed by atoms with Crippen molar-refractivity contribution in [2.75, 3.05) is 0 Å². The Labute approximate surface area is 109 Å². The summed E-state index contributed by atoms with van der Waals surface area (Å²) in [4.78, 5) is 10.4. The molecular weight excluding hydrogens is 315 g/mol. The lowest BCUT2D eigenvalue weighted by Crippen LogP contribution is -2.17. The van der Waals surface area contributed by atoms with E-state index >= 15 is 0 Å². The molecule has 0 saturated carbocycles. The molecule has 0 aliphatic rings. The third-order valence-electron chi connectivity index (χ3n) is 1.66. The number of ether oxygens (including phenoxy) is 1. The first-order chi connectivity index (χ1) is 8.28. The second-order valence-corrected chi connectivity index (χ2v) is 3.99. The maximum absolute atomic E-state index is 11.9. The molecule has 0 atom stereocenters. The highest BCUT2D eigenvalue weighted by Gasteiger charge is 2.31. The Bertz CT molecular complexity index is 517. The standard InChI is InChI=1S/C11H7BrF3NO2/c12-9-6-8(18-11(13,14)15)5-4-7(9)2-1-3-10(16)17/h4-6H,3H2,(H2,16,17). The zero-order valence-electron chi connectivity index (χ0n) is 8.84. The van der Waals surface area contributed by atoms with Gasteiger partial charge in [0.05, 0.1) is 6.42 Å². The van der Waals surface area contributed by atoms with Gasteiger partial charge in [0, 0.05) is 10.0 Å². The summed E-state index contributed by atoms with van der Waals surface area (Å²) in [5, 5.41) is 0. The van der Waals surface area contributed by atoms with Crippen molar-refractivity contribution in [1.29, 1.82) is 0 Å². The van der Waals surface area contributed by atoms with Crippen LogP contribution in [0.5, 0.6) is 5.75 Å². The Morgan fingerprint density at radius 2 is 2.11 bits per heavy atom. The van der Waals surface area contributed by atoms with Crippen LogP contribution in [-0.2, 0) is 4.79 Å². The first kappa shape index (κ1) is 14.4. The van der Waals surface area contributed by atoms with Gasteiger partial charge in [0.25, 0.3) is 0 Å². The molecule has 7 heteroatoms. The van der Waals surface area contributed by atoms with E-state index in [0.717, 1.165) is 12.1 Å². The molecule has 1 aromatic rings. The quantitative estimate of drug-likeness (QED) is 0.851. The monoisotopic (exact) mass is 321 g/mol. The van der Waals surface area contributed by atoms with Crippen molar-refractivity contribution in [3.05, 3.63) is 28.2 Å². The summed E-state index contributed by atoms with van der Waals surface area (Å²) >= 11 is 3.06. The predicted molar refractivity (Wildman–Crippen MR) is 61.5 cm³/mol. The van der Waals surface area contributed by atoms with Crippen molar-refractivity contribution in [1.82, 2.24) is 0 Å². The third kappa shape index (κ3) is 5.10. The van der Waals surface area contributed by atoms with Crippen LogP contribution in [0.2, 0.25) is 0 Å². The smallest absolute Gasteiger partial charge is 0.406 e. The molecule has 0 aliphatic heterocycles. The molecule has 1 rings (SSSR count). The lowest BCUT2D eigenvalue weighted by Gasteiger charge is -2.09. The topological polar surface area (TPSA) is 52.3 Å². The molecule has 18 heavy (non-hydrogen) atoms. The predicted octanol–water partition coefficient (Wildman–Crippen LogP) is 2.57. The molecule has 0 saturated heterocycles. The van der Waals surface area contributed by atoms with Gasteiger partial charge in [-0.3, -0.25) is 4.79 Å². The summed E-state index contributed by atoms with van der Waals surface area (Å²) in [6.45, 7) is 0. The van der Waals surface area contributed by atoms with Gasteiger partial charge in [-0.05, 0) is 34.1 Å². The van der Waals surface area contributed by atoms with Crippen LogP contribution in [0.1, 0.15) is 12.0 Å². The zero-order chi connectivity index (χ0) is 13.8. The summed E-state index contributed by atoms with van der Waals surface area (Å²) in [5.41, 5.74) is 5.33. The molecule has 1 aromatic carbocycles. The number of halogens is 4. The fourth-order valence-corrected chi connectivity index (χ4v) is 1.48. The first-order valence-corrected chi connectivity index (χ1v) is 5.40. The van der Waals surface area contributed by atoms with Gasteiger partial charge >= 0.3 is 6.36 Å². The molecule has 3 nitrogen and oxygen atoms in total. The highest BCUT2D eigenvalue weighted by molar-refractivity contribution is 9.10. The van der Waals surface area contributed by atoms with Crippen LogP contribution in [0, 0.1) is 11.8 Å². The van der Waals surface area contributed by atoms with Gasteiger partial charge in [0.15, 0.2) is 0 Å². The lowest BCUT2D eigenvalue weighted by atomic mass is 10.2. The number of nitrogens with two attached hydrogens (primary N) is 1. The number of hydrogen-bond acceptors (Lipinski definition) is 2. The minimum atomic E-state index is -4.74. The van der Waals surface area contributed by atoms with Gasteiger partial charge in [-0.15, -0.1) is 13.2 Å². The number of benzene rings is 1. The second kappa shape index (κ2) is 5.78. The minimum Gasteiger partial charge on any atom is -0.406 e. The molecule has 0 spiro atoms. The van der Waals surface area contributed by atoms with Crippen molar-refractivity contribution >= 4 is 21.8 Å². The van der Waals surface area contributed by atoms with Gasteiger partial charge in [0.2, 0.25) is 5.91 Å².